The van der Waals surface area contributed by atoms with Gasteiger partial charge in [-0.1, -0.05) is 30.3 Å². The molecule has 0 spiro atoms. The molecule has 2 aromatic rings. The minimum Gasteiger partial charge on any atom is -0.480 e. The molecule has 1 unspecified atom stereocenters. The summed E-state index contributed by atoms with van der Waals surface area (Å²) < 4.78 is 27.8. The summed E-state index contributed by atoms with van der Waals surface area (Å²) in [5.74, 6) is -1.56. The van der Waals surface area contributed by atoms with Gasteiger partial charge in [0.1, 0.15) is 6.04 Å². The fourth-order valence-electron chi connectivity index (χ4n) is 1.87. The summed E-state index contributed by atoms with van der Waals surface area (Å²) in [5, 5.41) is 13.1. The van der Waals surface area contributed by atoms with Crippen LogP contribution in [-0.2, 0) is 27.6 Å². The first-order valence-electron chi connectivity index (χ1n) is 6.13. The Morgan fingerprint density at radius 1 is 1.38 bits per heavy atom. The molecule has 21 heavy (non-hydrogen) atoms. The number of carbonyl (C=O) groups is 1. The molecular formula is C13H15N3O4S. The van der Waals surface area contributed by atoms with Gasteiger partial charge < -0.3 is 5.11 Å². The molecule has 7 nitrogen and oxygen atoms in total. The Bertz CT molecular complexity index is 725. The first kappa shape index (κ1) is 15.2. The number of nitrogens with one attached hydrogen (secondary N) is 1. The Morgan fingerprint density at radius 2 is 2.05 bits per heavy atom. The Balaban J connectivity index is 2.18. The van der Waals surface area contributed by atoms with E-state index in [1.54, 1.807) is 37.4 Å². The second-order valence-electron chi connectivity index (χ2n) is 4.58. The summed E-state index contributed by atoms with van der Waals surface area (Å²) in [5.41, 5.74) is 0.863. The number of aryl methyl sites for hydroxylation is 1. The van der Waals surface area contributed by atoms with Gasteiger partial charge in [0.05, 0.1) is 11.9 Å². The van der Waals surface area contributed by atoms with Gasteiger partial charge in [-0.05, 0) is 5.56 Å². The van der Waals surface area contributed by atoms with Crippen molar-refractivity contribution >= 4 is 16.0 Å². The molecule has 0 aliphatic carbocycles. The second-order valence-corrected chi connectivity index (χ2v) is 6.33. The minimum atomic E-state index is -3.79. The number of benzene rings is 1. The third-order valence-electron chi connectivity index (χ3n) is 2.80. The number of hydrogen-bond donors (Lipinski definition) is 2. The monoisotopic (exact) mass is 309 g/mol. The van der Waals surface area contributed by atoms with E-state index < -0.39 is 22.0 Å². The lowest BCUT2D eigenvalue weighted by Crippen LogP contribution is -2.34. The van der Waals surface area contributed by atoms with Crippen molar-refractivity contribution in [2.75, 3.05) is 0 Å². The molecule has 0 bridgehead atoms. The Hall–Kier alpha value is -2.19. The maximum Gasteiger partial charge on any atom is 0.326 e. The summed E-state index contributed by atoms with van der Waals surface area (Å²) >= 11 is 0. The zero-order valence-corrected chi connectivity index (χ0v) is 12.1. The molecule has 0 fully saturated rings. The molecule has 1 aromatic carbocycles. The van der Waals surface area contributed by atoms with Crippen LogP contribution in [0.3, 0.4) is 0 Å². The van der Waals surface area contributed by atoms with Crippen molar-refractivity contribution in [3.8, 4) is 0 Å². The van der Waals surface area contributed by atoms with E-state index in [2.05, 4.69) is 9.82 Å². The van der Waals surface area contributed by atoms with Crippen LogP contribution in [0.4, 0.5) is 0 Å². The zero-order chi connectivity index (χ0) is 15.5. The maximum atomic E-state index is 12.1. The molecule has 0 saturated heterocycles. The van der Waals surface area contributed by atoms with Crippen molar-refractivity contribution in [2.45, 2.75) is 11.8 Å². The van der Waals surface area contributed by atoms with Gasteiger partial charge in [-0.3, -0.25) is 9.48 Å². The molecule has 0 aliphatic heterocycles. The van der Waals surface area contributed by atoms with Gasteiger partial charge in [-0.25, -0.2) is 8.42 Å². The lowest BCUT2D eigenvalue weighted by molar-refractivity contribution is -0.139. The Morgan fingerprint density at radius 3 is 2.57 bits per heavy atom. The van der Waals surface area contributed by atoms with Crippen molar-refractivity contribution in [3.63, 3.8) is 0 Å². The highest BCUT2D eigenvalue weighted by atomic mass is 32.2. The largest absolute Gasteiger partial charge is 0.480 e. The number of carboxylic acid groups (broad SMARTS) is 1. The van der Waals surface area contributed by atoms with Crippen molar-refractivity contribution in [1.29, 1.82) is 0 Å². The van der Waals surface area contributed by atoms with Gasteiger partial charge >= 0.3 is 5.97 Å². The van der Waals surface area contributed by atoms with E-state index in [9.17, 15) is 18.3 Å². The normalized spacial score (nSPS) is 13.0. The number of sulfonamides is 1. The maximum absolute atomic E-state index is 12.1. The number of aliphatic carboxylic acids is 1. The first-order valence-corrected chi connectivity index (χ1v) is 7.78. The number of hydrogen-bond acceptors (Lipinski definition) is 4. The smallest absolute Gasteiger partial charge is 0.326 e. The van der Waals surface area contributed by atoms with Crippen molar-refractivity contribution in [3.05, 3.63) is 53.9 Å². The van der Waals surface area contributed by atoms with Gasteiger partial charge in [0, 0.05) is 18.8 Å². The average molecular weight is 309 g/mol. The fourth-order valence-corrected chi connectivity index (χ4v) is 3.18. The lowest BCUT2D eigenvalue weighted by atomic mass is 10.2. The number of nitrogens with zero attached hydrogens (tertiary/aromatic N) is 2. The quantitative estimate of drug-likeness (QED) is 0.816. The van der Waals surface area contributed by atoms with Crippen LogP contribution in [0.5, 0.6) is 0 Å². The number of rotatable bonds is 6. The molecule has 112 valence electrons. The van der Waals surface area contributed by atoms with E-state index in [0.717, 1.165) is 0 Å². The summed E-state index contributed by atoms with van der Waals surface area (Å²) in [4.78, 5) is 11.3. The van der Waals surface area contributed by atoms with E-state index in [-0.39, 0.29) is 11.3 Å². The highest BCUT2D eigenvalue weighted by Gasteiger charge is 2.26. The molecule has 0 aliphatic rings. The van der Waals surface area contributed by atoms with Gasteiger partial charge in [0.2, 0.25) is 10.0 Å². The molecule has 0 saturated carbocycles. The van der Waals surface area contributed by atoms with Gasteiger partial charge in [-0.15, -0.1) is 0 Å². The molecule has 1 heterocycles. The van der Waals surface area contributed by atoms with E-state index in [1.807, 2.05) is 0 Å². The van der Waals surface area contributed by atoms with Crippen LogP contribution in [0.1, 0.15) is 17.2 Å². The van der Waals surface area contributed by atoms with Crippen LogP contribution in [0.15, 0.2) is 42.7 Å². The van der Waals surface area contributed by atoms with E-state index >= 15 is 0 Å². The predicted molar refractivity (Wildman–Crippen MR) is 75.8 cm³/mol. The summed E-state index contributed by atoms with van der Waals surface area (Å²) in [7, 11) is -2.16. The van der Waals surface area contributed by atoms with Crippen molar-refractivity contribution < 1.29 is 18.3 Å². The SMILES string of the molecule is Cn1cc(C(NS(=O)(=O)Cc2ccccc2)C(=O)O)cn1. The highest BCUT2D eigenvalue weighted by Crippen LogP contribution is 2.15. The average Bonchev–Trinajstić information content (AvgIpc) is 2.83. The minimum absolute atomic E-state index is 0.279. The van der Waals surface area contributed by atoms with Gasteiger partial charge in [-0.2, -0.15) is 9.82 Å². The fraction of sp³-hybridized carbons (Fsp3) is 0.231. The van der Waals surface area contributed by atoms with Crippen LogP contribution in [0.25, 0.3) is 0 Å². The van der Waals surface area contributed by atoms with E-state index in [0.29, 0.717) is 5.56 Å². The Labute approximate surface area is 122 Å². The predicted octanol–water partition coefficient (Wildman–Crippen LogP) is 0.665. The molecule has 0 radical (unpaired) electrons. The van der Waals surface area contributed by atoms with Crippen LogP contribution in [-0.4, -0.2) is 29.3 Å². The molecule has 8 heteroatoms. The summed E-state index contributed by atoms with van der Waals surface area (Å²) in [6, 6.07) is 7.20. The van der Waals surface area contributed by atoms with E-state index in [1.165, 1.54) is 17.1 Å². The molecule has 2 N–H and O–H groups in total. The standard InChI is InChI=1S/C13H15N3O4S/c1-16-8-11(7-14-16)12(13(17)18)15-21(19,20)9-10-5-3-2-4-6-10/h2-8,12,15H,9H2,1H3,(H,17,18). The highest BCUT2D eigenvalue weighted by molar-refractivity contribution is 7.88. The number of carboxylic acids is 1. The zero-order valence-electron chi connectivity index (χ0n) is 11.3. The lowest BCUT2D eigenvalue weighted by Gasteiger charge is -2.13. The summed E-state index contributed by atoms with van der Waals surface area (Å²) in [6.07, 6.45) is 2.79. The summed E-state index contributed by atoms with van der Waals surface area (Å²) in [6.45, 7) is 0. The molecule has 1 atom stereocenters. The molecule has 0 amide bonds. The van der Waals surface area contributed by atoms with Crippen molar-refractivity contribution in [2.24, 2.45) is 7.05 Å². The topological polar surface area (TPSA) is 101 Å². The Kier molecular flexibility index (Phi) is 4.39. The van der Waals surface area contributed by atoms with E-state index in [4.69, 9.17) is 0 Å². The van der Waals surface area contributed by atoms with Gasteiger partial charge in [0.15, 0.2) is 0 Å². The van der Waals surface area contributed by atoms with Gasteiger partial charge in [0.25, 0.3) is 0 Å². The molecular weight excluding hydrogens is 294 g/mol. The molecule has 2 rings (SSSR count). The molecule has 1 aromatic heterocycles. The van der Waals surface area contributed by atoms with Crippen LogP contribution < -0.4 is 4.72 Å². The number of aromatic nitrogens is 2. The van der Waals surface area contributed by atoms with Crippen molar-refractivity contribution in [1.82, 2.24) is 14.5 Å². The first-order chi connectivity index (χ1) is 9.87. The third-order valence-corrected chi connectivity index (χ3v) is 4.11. The second kappa shape index (κ2) is 6.06. The third kappa shape index (κ3) is 4.14. The van der Waals surface area contributed by atoms with Crippen LogP contribution >= 0.6 is 0 Å². The van der Waals surface area contributed by atoms with Crippen LogP contribution in [0, 0.1) is 0 Å². The van der Waals surface area contributed by atoms with Crippen LogP contribution in [0.2, 0.25) is 0 Å².